The third-order valence-corrected chi connectivity index (χ3v) is 5.77. The quantitative estimate of drug-likeness (QED) is 0.131. The van der Waals surface area contributed by atoms with Gasteiger partial charge in [-0.15, -0.1) is 0 Å². The number of methoxy groups -OCH3 is 2. The van der Waals surface area contributed by atoms with Crippen LogP contribution in [0.4, 0.5) is 5.69 Å². The molecule has 0 aliphatic heterocycles. The Kier molecular flexibility index (Phi) is 12.6. The molecule has 0 aliphatic rings. The number of hydrogen-bond acceptors (Lipinski definition) is 9. The standard InChI is InChI=1S/C22H28N2O6.C8H10N2/c1-7-13(3)30-22(23-4)19-20(25)17(14(12-29-8-2)24-21(19)26)18-15(27-5)10-9-11-16(18)28-6;1-7-5-3-4-6-8(7)10-9-2/h9-11H,3,7-8,12H2,1-2,4-6H3,(H2,24,25,26);3-6H,1-2H3. The number of ether oxygens (including phenoxy) is 4. The van der Waals surface area contributed by atoms with E-state index in [-0.39, 0.29) is 23.8 Å². The molecule has 0 amide bonds. The number of benzene rings is 2. The van der Waals surface area contributed by atoms with Crippen LogP contribution < -0.4 is 15.0 Å². The molecule has 0 unspecified atom stereocenters. The second-order valence-electron chi connectivity index (χ2n) is 8.32. The fourth-order valence-electron chi connectivity index (χ4n) is 3.72. The Hall–Kier alpha value is -4.44. The molecule has 3 aromatic rings. The number of aromatic hydroxyl groups is 1. The summed E-state index contributed by atoms with van der Waals surface area (Å²) in [4.78, 5) is 19.7. The number of pyridine rings is 1. The molecule has 0 fully saturated rings. The lowest BCUT2D eigenvalue weighted by Crippen LogP contribution is -2.23. The predicted octanol–water partition coefficient (Wildman–Crippen LogP) is 6.33. The van der Waals surface area contributed by atoms with Crippen LogP contribution in [-0.2, 0) is 16.1 Å². The van der Waals surface area contributed by atoms with E-state index in [0.29, 0.717) is 47.1 Å². The number of nitrogens with zero attached hydrogens (tertiary/aromatic N) is 3. The van der Waals surface area contributed by atoms with E-state index in [1.165, 1.54) is 21.3 Å². The highest BCUT2D eigenvalue weighted by atomic mass is 16.5. The zero-order valence-electron chi connectivity index (χ0n) is 24.2. The van der Waals surface area contributed by atoms with Gasteiger partial charge < -0.3 is 29.0 Å². The molecule has 0 bridgehead atoms. The summed E-state index contributed by atoms with van der Waals surface area (Å²) in [6.07, 6.45) is 0.521. The SMILES string of the molecule is C=C(CC)OC(=NC)c1c(O)c(-c2c(OC)cccc2OC)c(COCC)[nH]c1=O.CN=Nc1ccccc1C. The van der Waals surface area contributed by atoms with Crippen molar-refractivity contribution in [1.82, 2.24) is 4.98 Å². The van der Waals surface area contributed by atoms with Gasteiger partial charge in [-0.05, 0) is 37.6 Å². The van der Waals surface area contributed by atoms with Crippen molar-refractivity contribution in [2.45, 2.75) is 33.8 Å². The van der Waals surface area contributed by atoms with E-state index in [1.54, 1.807) is 25.2 Å². The fourth-order valence-corrected chi connectivity index (χ4v) is 3.72. The van der Waals surface area contributed by atoms with Gasteiger partial charge in [-0.3, -0.25) is 9.79 Å². The lowest BCUT2D eigenvalue weighted by molar-refractivity contribution is 0.131. The number of aliphatic imine (C=N–C) groups is 1. The van der Waals surface area contributed by atoms with Gasteiger partial charge >= 0.3 is 0 Å². The van der Waals surface area contributed by atoms with E-state index in [0.717, 1.165) is 11.3 Å². The van der Waals surface area contributed by atoms with E-state index in [4.69, 9.17) is 18.9 Å². The van der Waals surface area contributed by atoms with Crippen LogP contribution in [0.3, 0.4) is 0 Å². The lowest BCUT2D eigenvalue weighted by Gasteiger charge is -2.19. The van der Waals surface area contributed by atoms with Gasteiger partial charge in [0.2, 0.25) is 5.90 Å². The van der Waals surface area contributed by atoms with Crippen LogP contribution in [0.2, 0.25) is 0 Å². The highest BCUT2D eigenvalue weighted by Crippen LogP contribution is 2.44. The topological polar surface area (TPSA) is 127 Å². The molecule has 214 valence electrons. The lowest BCUT2D eigenvalue weighted by atomic mass is 9.98. The Morgan fingerprint density at radius 1 is 1.00 bits per heavy atom. The average Bonchev–Trinajstić information content (AvgIpc) is 2.96. The molecule has 1 heterocycles. The molecule has 0 atom stereocenters. The average molecular weight is 551 g/mol. The van der Waals surface area contributed by atoms with Crippen molar-refractivity contribution in [2.75, 3.05) is 34.9 Å². The molecule has 10 nitrogen and oxygen atoms in total. The number of hydrogen-bond donors (Lipinski definition) is 2. The Balaban J connectivity index is 0.000000469. The van der Waals surface area contributed by atoms with Crippen molar-refractivity contribution in [2.24, 2.45) is 15.2 Å². The second kappa shape index (κ2) is 15.8. The molecule has 0 saturated carbocycles. The smallest absolute Gasteiger partial charge is 0.264 e. The number of allylic oxidation sites excluding steroid dienone is 1. The van der Waals surface area contributed by atoms with Gasteiger partial charge in [0.1, 0.15) is 22.8 Å². The second-order valence-corrected chi connectivity index (χ2v) is 8.32. The van der Waals surface area contributed by atoms with E-state index in [9.17, 15) is 9.90 Å². The van der Waals surface area contributed by atoms with E-state index < -0.39 is 5.56 Å². The predicted molar refractivity (Wildman–Crippen MR) is 157 cm³/mol. The number of rotatable bonds is 10. The summed E-state index contributed by atoms with van der Waals surface area (Å²) in [6, 6.07) is 13.1. The van der Waals surface area contributed by atoms with Crippen molar-refractivity contribution in [3.63, 3.8) is 0 Å². The zero-order chi connectivity index (χ0) is 29.7. The molecule has 0 aliphatic carbocycles. The first-order chi connectivity index (χ1) is 19.3. The normalized spacial score (nSPS) is 11.1. The molecular weight excluding hydrogens is 512 g/mol. The molecule has 0 spiro atoms. The van der Waals surface area contributed by atoms with Gasteiger partial charge in [0, 0.05) is 27.1 Å². The van der Waals surface area contributed by atoms with Crippen molar-refractivity contribution >= 4 is 11.6 Å². The third-order valence-electron chi connectivity index (χ3n) is 5.77. The summed E-state index contributed by atoms with van der Waals surface area (Å²) in [6.45, 7) is 9.98. The minimum Gasteiger partial charge on any atom is -0.506 e. The summed E-state index contributed by atoms with van der Waals surface area (Å²) in [5, 5.41) is 18.9. The zero-order valence-corrected chi connectivity index (χ0v) is 24.2. The van der Waals surface area contributed by atoms with Crippen molar-refractivity contribution in [1.29, 1.82) is 0 Å². The summed E-state index contributed by atoms with van der Waals surface area (Å²) in [5.74, 6) is 0.951. The van der Waals surface area contributed by atoms with Crippen LogP contribution in [0.15, 0.2) is 74.8 Å². The first-order valence-electron chi connectivity index (χ1n) is 12.7. The Bertz CT molecular complexity index is 1390. The van der Waals surface area contributed by atoms with Gasteiger partial charge in [0.15, 0.2) is 0 Å². The van der Waals surface area contributed by atoms with E-state index in [1.807, 2.05) is 45.0 Å². The first kappa shape index (κ1) is 31.8. The van der Waals surface area contributed by atoms with Gasteiger partial charge in [0.25, 0.3) is 5.56 Å². The van der Waals surface area contributed by atoms with Gasteiger partial charge in [-0.2, -0.15) is 10.2 Å². The van der Waals surface area contributed by atoms with Gasteiger partial charge in [0.05, 0.1) is 49.1 Å². The van der Waals surface area contributed by atoms with Crippen molar-refractivity contribution in [3.05, 3.63) is 82.0 Å². The summed E-state index contributed by atoms with van der Waals surface area (Å²) in [7, 11) is 6.16. The van der Waals surface area contributed by atoms with Crippen LogP contribution in [0.25, 0.3) is 11.1 Å². The Morgan fingerprint density at radius 3 is 2.17 bits per heavy atom. The number of nitrogens with one attached hydrogen (secondary N) is 1. The number of aryl methyl sites for hydroxylation is 1. The van der Waals surface area contributed by atoms with Crippen LogP contribution in [0.1, 0.15) is 37.1 Å². The molecular formula is C30H38N4O6. The third kappa shape index (κ3) is 7.79. The van der Waals surface area contributed by atoms with Gasteiger partial charge in [-0.25, -0.2) is 0 Å². The molecule has 0 radical (unpaired) electrons. The van der Waals surface area contributed by atoms with Crippen molar-refractivity contribution < 1.29 is 24.1 Å². The minimum atomic E-state index is -0.565. The van der Waals surface area contributed by atoms with Crippen molar-refractivity contribution in [3.8, 4) is 28.4 Å². The number of aromatic nitrogens is 1. The molecule has 0 saturated heterocycles. The maximum atomic E-state index is 12.9. The largest absolute Gasteiger partial charge is 0.506 e. The van der Waals surface area contributed by atoms with Crippen LogP contribution in [0.5, 0.6) is 17.2 Å². The van der Waals surface area contributed by atoms with E-state index >= 15 is 0 Å². The van der Waals surface area contributed by atoms with E-state index in [2.05, 4.69) is 26.8 Å². The molecule has 2 N–H and O–H groups in total. The fraction of sp³-hybridized carbons (Fsp3) is 0.333. The molecule has 1 aromatic heterocycles. The molecule has 40 heavy (non-hydrogen) atoms. The Morgan fingerprint density at radius 2 is 1.65 bits per heavy atom. The number of azo groups is 1. The van der Waals surface area contributed by atoms with Gasteiger partial charge in [-0.1, -0.05) is 37.8 Å². The molecule has 2 aromatic carbocycles. The molecule has 3 rings (SSSR count). The summed E-state index contributed by atoms with van der Waals surface area (Å²) < 4.78 is 22.1. The monoisotopic (exact) mass is 550 g/mol. The highest BCUT2D eigenvalue weighted by molar-refractivity contribution is 6.00. The maximum absolute atomic E-state index is 12.9. The summed E-state index contributed by atoms with van der Waals surface area (Å²) >= 11 is 0. The van der Waals surface area contributed by atoms with Crippen LogP contribution >= 0.6 is 0 Å². The number of aromatic amines is 1. The highest BCUT2D eigenvalue weighted by Gasteiger charge is 2.27. The van der Waals surface area contributed by atoms with Crippen LogP contribution in [-0.4, -0.2) is 50.9 Å². The molecule has 10 heteroatoms. The minimum absolute atomic E-state index is 0.0429. The number of H-pyrrole nitrogens is 1. The summed E-state index contributed by atoms with van der Waals surface area (Å²) in [5.41, 5.74) is 2.57. The maximum Gasteiger partial charge on any atom is 0.264 e. The first-order valence-corrected chi connectivity index (χ1v) is 12.7. The van der Waals surface area contributed by atoms with Crippen LogP contribution in [0, 0.1) is 6.92 Å². The Labute approximate surface area is 235 Å².